The Kier molecular flexibility index (Phi) is 2.46. The van der Waals surface area contributed by atoms with E-state index in [1.807, 2.05) is 6.07 Å². The van der Waals surface area contributed by atoms with Gasteiger partial charge < -0.3 is 5.11 Å². The van der Waals surface area contributed by atoms with Gasteiger partial charge in [-0.1, -0.05) is 18.2 Å². The molecular weight excluding hydrogens is 205 g/mol. The number of aryl methyl sites for hydroxylation is 1. The van der Waals surface area contributed by atoms with E-state index in [2.05, 4.69) is 0 Å². The molecule has 82 valence electrons. The summed E-state index contributed by atoms with van der Waals surface area (Å²) in [6, 6.07) is 4.77. The Balaban J connectivity index is 2.41. The van der Waals surface area contributed by atoms with Crippen molar-refractivity contribution in [3.63, 3.8) is 0 Å². The predicted molar refractivity (Wildman–Crippen MR) is 49.5 cm³/mol. The van der Waals surface area contributed by atoms with Crippen molar-refractivity contribution in [3.05, 3.63) is 34.9 Å². The van der Waals surface area contributed by atoms with Crippen LogP contribution in [0, 0.1) is 0 Å². The third-order valence-electron chi connectivity index (χ3n) is 2.79. The maximum atomic E-state index is 12.4. The summed E-state index contributed by atoms with van der Waals surface area (Å²) in [5, 5.41) is 9.20. The Morgan fingerprint density at radius 2 is 1.93 bits per heavy atom. The second-order valence-electron chi connectivity index (χ2n) is 3.78. The number of hydrogen-bond donors (Lipinski definition) is 1. The molecule has 0 saturated carbocycles. The van der Waals surface area contributed by atoms with Crippen LogP contribution >= 0.6 is 0 Å². The summed E-state index contributed by atoms with van der Waals surface area (Å²) in [7, 11) is 0. The van der Waals surface area contributed by atoms with Crippen molar-refractivity contribution >= 4 is 0 Å². The molecule has 0 aliphatic heterocycles. The van der Waals surface area contributed by atoms with Gasteiger partial charge in [0.05, 0.1) is 0 Å². The number of alkyl halides is 3. The van der Waals surface area contributed by atoms with Crippen molar-refractivity contribution in [1.29, 1.82) is 0 Å². The van der Waals surface area contributed by atoms with Crippen molar-refractivity contribution in [3.8, 4) is 0 Å². The van der Waals surface area contributed by atoms with Gasteiger partial charge in [0.1, 0.15) is 0 Å². The maximum Gasteiger partial charge on any atom is 0.418 e. The van der Waals surface area contributed by atoms with Crippen LogP contribution in [0.15, 0.2) is 18.2 Å². The fourth-order valence-electron chi connectivity index (χ4n) is 2.08. The highest BCUT2D eigenvalue weighted by Crippen LogP contribution is 2.37. The van der Waals surface area contributed by atoms with E-state index in [4.69, 9.17) is 0 Å². The standard InChI is InChI=1S/C11H11F3O/c12-11(13,14)10(15)9-6-2-4-7-3-1-5-8(7)9/h2,4,6,10,15H,1,3,5H2/t10-/m1/s1. The van der Waals surface area contributed by atoms with Gasteiger partial charge in [-0.05, 0) is 36.0 Å². The average molecular weight is 216 g/mol. The lowest BCUT2D eigenvalue weighted by Crippen LogP contribution is -2.21. The second-order valence-corrected chi connectivity index (χ2v) is 3.78. The smallest absolute Gasteiger partial charge is 0.379 e. The van der Waals surface area contributed by atoms with E-state index in [1.165, 1.54) is 6.07 Å². The average Bonchev–Trinajstić information content (AvgIpc) is 2.62. The monoisotopic (exact) mass is 216 g/mol. The van der Waals surface area contributed by atoms with E-state index in [1.54, 1.807) is 6.07 Å². The van der Waals surface area contributed by atoms with Crippen LogP contribution in [-0.2, 0) is 12.8 Å². The van der Waals surface area contributed by atoms with Crippen LogP contribution in [0.5, 0.6) is 0 Å². The van der Waals surface area contributed by atoms with Crippen molar-refractivity contribution in [2.24, 2.45) is 0 Å². The molecular formula is C11H11F3O. The first-order valence-electron chi connectivity index (χ1n) is 4.85. The highest BCUT2D eigenvalue weighted by atomic mass is 19.4. The SMILES string of the molecule is O[C@H](c1cccc2c1CCC2)C(F)(F)F. The maximum absolute atomic E-state index is 12.4. The molecule has 0 unspecified atom stereocenters. The summed E-state index contributed by atoms with van der Waals surface area (Å²) >= 11 is 0. The zero-order chi connectivity index (χ0) is 11.1. The lowest BCUT2D eigenvalue weighted by Gasteiger charge is -2.17. The second kappa shape index (κ2) is 3.52. The number of rotatable bonds is 1. The highest BCUT2D eigenvalue weighted by Gasteiger charge is 2.40. The van der Waals surface area contributed by atoms with E-state index in [0.29, 0.717) is 12.0 Å². The fourth-order valence-corrected chi connectivity index (χ4v) is 2.08. The first kappa shape index (κ1) is 10.5. The Labute approximate surface area is 85.5 Å². The molecule has 1 aromatic rings. The van der Waals surface area contributed by atoms with Crippen molar-refractivity contribution in [2.45, 2.75) is 31.5 Å². The van der Waals surface area contributed by atoms with Gasteiger partial charge in [-0.2, -0.15) is 13.2 Å². The molecule has 1 atom stereocenters. The lowest BCUT2D eigenvalue weighted by atomic mass is 9.99. The van der Waals surface area contributed by atoms with Crippen molar-refractivity contribution < 1.29 is 18.3 Å². The Morgan fingerprint density at radius 3 is 2.60 bits per heavy atom. The molecule has 2 rings (SSSR count). The number of halogens is 3. The van der Waals surface area contributed by atoms with E-state index in [9.17, 15) is 18.3 Å². The Morgan fingerprint density at radius 1 is 1.20 bits per heavy atom. The molecule has 0 heterocycles. The summed E-state index contributed by atoms with van der Waals surface area (Å²) in [6.07, 6.45) is -4.59. The third kappa shape index (κ3) is 1.86. The molecule has 1 aromatic carbocycles. The molecule has 1 nitrogen and oxygen atoms in total. The van der Waals surface area contributed by atoms with Crippen LogP contribution in [0.25, 0.3) is 0 Å². The zero-order valence-corrected chi connectivity index (χ0v) is 8.01. The van der Waals surface area contributed by atoms with Gasteiger partial charge in [-0.15, -0.1) is 0 Å². The molecule has 15 heavy (non-hydrogen) atoms. The third-order valence-corrected chi connectivity index (χ3v) is 2.79. The first-order chi connectivity index (χ1) is 7.00. The van der Waals surface area contributed by atoms with Gasteiger partial charge in [-0.25, -0.2) is 0 Å². The molecule has 0 fully saturated rings. The topological polar surface area (TPSA) is 20.2 Å². The summed E-state index contributed by atoms with van der Waals surface area (Å²) < 4.78 is 37.1. The van der Waals surface area contributed by atoms with Crippen LogP contribution < -0.4 is 0 Å². The Hall–Kier alpha value is -1.03. The van der Waals surface area contributed by atoms with Crippen LogP contribution in [0.2, 0.25) is 0 Å². The molecule has 1 aliphatic rings. The van der Waals surface area contributed by atoms with Gasteiger partial charge in [0, 0.05) is 0 Å². The Bertz CT molecular complexity index is 371. The van der Waals surface area contributed by atoms with Gasteiger partial charge in [0.25, 0.3) is 0 Å². The van der Waals surface area contributed by atoms with Gasteiger partial charge in [-0.3, -0.25) is 0 Å². The quantitative estimate of drug-likeness (QED) is 0.765. The van der Waals surface area contributed by atoms with Gasteiger partial charge in [0.2, 0.25) is 0 Å². The summed E-state index contributed by atoms with van der Waals surface area (Å²) in [5.41, 5.74) is 1.65. The summed E-state index contributed by atoms with van der Waals surface area (Å²) in [6.45, 7) is 0. The number of fused-ring (bicyclic) bond motifs is 1. The molecule has 0 amide bonds. The zero-order valence-electron chi connectivity index (χ0n) is 8.01. The van der Waals surface area contributed by atoms with Crippen LogP contribution in [0.1, 0.15) is 29.2 Å². The minimum absolute atomic E-state index is 0.0255. The van der Waals surface area contributed by atoms with Gasteiger partial charge in [0.15, 0.2) is 6.10 Å². The minimum atomic E-state index is -4.57. The normalized spacial score (nSPS) is 17.6. The van der Waals surface area contributed by atoms with E-state index < -0.39 is 12.3 Å². The van der Waals surface area contributed by atoms with Crippen molar-refractivity contribution in [2.75, 3.05) is 0 Å². The van der Waals surface area contributed by atoms with Crippen LogP contribution in [0.4, 0.5) is 13.2 Å². The molecule has 4 heteroatoms. The van der Waals surface area contributed by atoms with E-state index >= 15 is 0 Å². The van der Waals surface area contributed by atoms with E-state index in [-0.39, 0.29) is 5.56 Å². The van der Waals surface area contributed by atoms with Crippen LogP contribution in [-0.4, -0.2) is 11.3 Å². The molecule has 0 radical (unpaired) electrons. The number of hydrogen-bond acceptors (Lipinski definition) is 1. The minimum Gasteiger partial charge on any atom is -0.379 e. The molecule has 1 N–H and O–H groups in total. The predicted octanol–water partition coefficient (Wildman–Crippen LogP) is 2.77. The van der Waals surface area contributed by atoms with Gasteiger partial charge >= 0.3 is 6.18 Å². The van der Waals surface area contributed by atoms with Crippen molar-refractivity contribution in [1.82, 2.24) is 0 Å². The number of benzene rings is 1. The van der Waals surface area contributed by atoms with Crippen LogP contribution in [0.3, 0.4) is 0 Å². The highest BCUT2D eigenvalue weighted by molar-refractivity contribution is 5.40. The largest absolute Gasteiger partial charge is 0.418 e. The summed E-state index contributed by atoms with van der Waals surface area (Å²) in [5.74, 6) is 0. The lowest BCUT2D eigenvalue weighted by molar-refractivity contribution is -0.207. The van der Waals surface area contributed by atoms with E-state index in [0.717, 1.165) is 18.4 Å². The molecule has 0 aromatic heterocycles. The summed E-state index contributed by atoms with van der Waals surface area (Å²) in [4.78, 5) is 0. The number of aliphatic hydroxyl groups excluding tert-OH is 1. The first-order valence-corrected chi connectivity index (χ1v) is 4.85. The molecule has 0 saturated heterocycles. The molecule has 0 spiro atoms. The fraction of sp³-hybridized carbons (Fsp3) is 0.455. The molecule has 0 bridgehead atoms. The molecule has 1 aliphatic carbocycles. The number of aliphatic hydroxyl groups is 1.